The molecule has 1 aromatic carbocycles. The zero-order chi connectivity index (χ0) is 12.1. The zero-order valence-electron chi connectivity index (χ0n) is 9.56. The van der Waals surface area contributed by atoms with Crippen molar-refractivity contribution in [1.29, 1.82) is 0 Å². The van der Waals surface area contributed by atoms with Gasteiger partial charge in [-0.3, -0.25) is 4.79 Å². The highest BCUT2D eigenvalue weighted by Gasteiger charge is 2.07. The average Bonchev–Trinajstić information content (AvgIpc) is 2.22. The average molecular weight is 220 g/mol. The molecule has 3 nitrogen and oxygen atoms in total. The Balaban J connectivity index is 2.88. The van der Waals surface area contributed by atoms with Gasteiger partial charge in [0.05, 0.1) is 6.42 Å². The summed E-state index contributed by atoms with van der Waals surface area (Å²) < 4.78 is 0. The largest absolute Gasteiger partial charge is 0.481 e. The van der Waals surface area contributed by atoms with Crippen LogP contribution in [0.15, 0.2) is 18.2 Å². The number of hydrogen-bond acceptors (Lipinski definition) is 2. The third-order valence-corrected chi connectivity index (χ3v) is 2.55. The number of rotatable bonds is 5. The fraction of sp³-hybridized carbons (Fsp3) is 0.385. The Morgan fingerprint density at radius 3 is 2.75 bits per heavy atom. The molecule has 0 aliphatic heterocycles. The molecule has 0 bridgehead atoms. The number of carboxylic acid groups (broad SMARTS) is 1. The molecule has 0 aromatic heterocycles. The predicted molar refractivity (Wildman–Crippen MR) is 61.5 cm³/mol. The van der Waals surface area contributed by atoms with Crippen LogP contribution in [0.1, 0.15) is 23.6 Å². The summed E-state index contributed by atoms with van der Waals surface area (Å²) in [4.78, 5) is 21.2. The molecule has 86 valence electrons. The van der Waals surface area contributed by atoms with Crippen LogP contribution in [-0.2, 0) is 22.4 Å². The third kappa shape index (κ3) is 3.50. The molecule has 0 heterocycles. The molecular weight excluding hydrogens is 204 g/mol. The van der Waals surface area contributed by atoms with Gasteiger partial charge in [-0.05, 0) is 30.0 Å². The van der Waals surface area contributed by atoms with Crippen LogP contribution in [0.4, 0.5) is 0 Å². The van der Waals surface area contributed by atoms with E-state index in [1.165, 1.54) is 0 Å². The monoisotopic (exact) mass is 220 g/mol. The van der Waals surface area contributed by atoms with Crippen molar-refractivity contribution >= 4 is 12.3 Å². The molecular formula is C13H16O3. The van der Waals surface area contributed by atoms with Crippen LogP contribution in [-0.4, -0.2) is 17.4 Å². The van der Waals surface area contributed by atoms with Crippen molar-refractivity contribution in [2.45, 2.75) is 26.7 Å². The zero-order valence-corrected chi connectivity index (χ0v) is 9.56. The van der Waals surface area contributed by atoms with Gasteiger partial charge >= 0.3 is 5.97 Å². The second-order valence-electron chi connectivity index (χ2n) is 4.15. The van der Waals surface area contributed by atoms with Crippen molar-refractivity contribution in [2.75, 3.05) is 0 Å². The standard InChI is InChI=1S/C13H16O3/c1-9(8-14)5-11-4-3-10(2)12(6-11)7-13(15)16/h3-4,6,8-9H,5,7H2,1-2H3,(H,15,16). The van der Waals surface area contributed by atoms with Gasteiger partial charge in [-0.2, -0.15) is 0 Å². The van der Waals surface area contributed by atoms with E-state index in [9.17, 15) is 9.59 Å². The molecule has 1 atom stereocenters. The highest BCUT2D eigenvalue weighted by atomic mass is 16.4. The van der Waals surface area contributed by atoms with Crippen molar-refractivity contribution in [1.82, 2.24) is 0 Å². The van der Waals surface area contributed by atoms with Crippen molar-refractivity contribution in [3.63, 3.8) is 0 Å². The maximum atomic E-state index is 10.7. The Kier molecular flexibility index (Phi) is 4.23. The van der Waals surface area contributed by atoms with Gasteiger partial charge in [0.2, 0.25) is 0 Å². The van der Waals surface area contributed by atoms with Crippen molar-refractivity contribution < 1.29 is 14.7 Å². The lowest BCUT2D eigenvalue weighted by Crippen LogP contribution is -2.05. The molecule has 1 N–H and O–H groups in total. The van der Waals surface area contributed by atoms with Crippen LogP contribution in [0.25, 0.3) is 0 Å². The number of carbonyl (C=O) groups excluding carboxylic acids is 1. The normalized spacial score (nSPS) is 12.1. The molecule has 1 rings (SSSR count). The highest BCUT2D eigenvalue weighted by Crippen LogP contribution is 2.14. The first-order valence-electron chi connectivity index (χ1n) is 5.28. The van der Waals surface area contributed by atoms with Crippen molar-refractivity contribution in [3.8, 4) is 0 Å². The predicted octanol–water partition coefficient (Wildman–Crippen LogP) is 2.00. The van der Waals surface area contributed by atoms with E-state index >= 15 is 0 Å². The minimum Gasteiger partial charge on any atom is -0.481 e. The fourth-order valence-corrected chi connectivity index (χ4v) is 1.63. The van der Waals surface area contributed by atoms with E-state index in [0.29, 0.717) is 6.42 Å². The Morgan fingerprint density at radius 1 is 1.50 bits per heavy atom. The summed E-state index contributed by atoms with van der Waals surface area (Å²) in [6.07, 6.45) is 1.61. The first-order valence-corrected chi connectivity index (χ1v) is 5.28. The smallest absolute Gasteiger partial charge is 0.307 e. The number of aliphatic carboxylic acids is 1. The lowest BCUT2D eigenvalue weighted by Gasteiger charge is -2.08. The fourth-order valence-electron chi connectivity index (χ4n) is 1.63. The second-order valence-corrected chi connectivity index (χ2v) is 4.15. The van der Waals surface area contributed by atoms with Crippen LogP contribution in [0.5, 0.6) is 0 Å². The van der Waals surface area contributed by atoms with Gasteiger partial charge in [0.1, 0.15) is 6.29 Å². The number of carboxylic acids is 1. The van der Waals surface area contributed by atoms with E-state index in [0.717, 1.165) is 23.0 Å². The number of aryl methyl sites for hydroxylation is 1. The molecule has 0 amide bonds. The summed E-state index contributed by atoms with van der Waals surface area (Å²) in [6, 6.07) is 5.73. The van der Waals surface area contributed by atoms with E-state index in [2.05, 4.69) is 0 Å². The van der Waals surface area contributed by atoms with E-state index in [1.807, 2.05) is 32.0 Å². The van der Waals surface area contributed by atoms with Gasteiger partial charge in [0.25, 0.3) is 0 Å². The SMILES string of the molecule is Cc1ccc(CC(C)C=O)cc1CC(=O)O. The summed E-state index contributed by atoms with van der Waals surface area (Å²) >= 11 is 0. The molecule has 0 saturated heterocycles. The summed E-state index contributed by atoms with van der Waals surface area (Å²) in [5, 5.41) is 8.75. The maximum absolute atomic E-state index is 10.7. The van der Waals surface area contributed by atoms with Crippen LogP contribution in [0, 0.1) is 12.8 Å². The number of carbonyl (C=O) groups is 2. The van der Waals surface area contributed by atoms with E-state index in [-0.39, 0.29) is 12.3 Å². The van der Waals surface area contributed by atoms with Gasteiger partial charge in [0, 0.05) is 5.92 Å². The number of benzene rings is 1. The summed E-state index contributed by atoms with van der Waals surface area (Å²) in [7, 11) is 0. The summed E-state index contributed by atoms with van der Waals surface area (Å²) in [6.45, 7) is 3.74. The van der Waals surface area contributed by atoms with Crippen LogP contribution in [0.2, 0.25) is 0 Å². The Hall–Kier alpha value is -1.64. The summed E-state index contributed by atoms with van der Waals surface area (Å²) in [5.74, 6) is -0.857. The molecule has 16 heavy (non-hydrogen) atoms. The minimum atomic E-state index is -0.830. The quantitative estimate of drug-likeness (QED) is 0.772. The molecule has 0 aliphatic rings. The molecule has 0 aliphatic carbocycles. The van der Waals surface area contributed by atoms with Crippen LogP contribution >= 0.6 is 0 Å². The van der Waals surface area contributed by atoms with Crippen LogP contribution in [0.3, 0.4) is 0 Å². The van der Waals surface area contributed by atoms with E-state index < -0.39 is 5.97 Å². The first-order chi connectivity index (χ1) is 7.52. The van der Waals surface area contributed by atoms with Crippen LogP contribution < -0.4 is 0 Å². The third-order valence-electron chi connectivity index (χ3n) is 2.55. The van der Waals surface area contributed by atoms with Crippen molar-refractivity contribution in [2.24, 2.45) is 5.92 Å². The number of aldehydes is 1. The molecule has 3 heteroatoms. The topological polar surface area (TPSA) is 54.4 Å². The van der Waals surface area contributed by atoms with E-state index in [4.69, 9.17) is 5.11 Å². The first kappa shape index (κ1) is 12.4. The summed E-state index contributed by atoms with van der Waals surface area (Å²) in [5.41, 5.74) is 2.81. The minimum absolute atomic E-state index is 0.0274. The van der Waals surface area contributed by atoms with Gasteiger partial charge in [-0.25, -0.2) is 0 Å². The van der Waals surface area contributed by atoms with E-state index in [1.54, 1.807) is 0 Å². The molecule has 0 fully saturated rings. The molecule has 1 aromatic rings. The molecule has 1 unspecified atom stereocenters. The Labute approximate surface area is 95.1 Å². The van der Waals surface area contributed by atoms with Crippen molar-refractivity contribution in [3.05, 3.63) is 34.9 Å². The highest BCUT2D eigenvalue weighted by molar-refractivity contribution is 5.70. The van der Waals surface area contributed by atoms with Gasteiger partial charge in [-0.15, -0.1) is 0 Å². The molecule has 0 spiro atoms. The van der Waals surface area contributed by atoms with Gasteiger partial charge in [0.15, 0.2) is 0 Å². The Morgan fingerprint density at radius 2 is 2.19 bits per heavy atom. The lowest BCUT2D eigenvalue weighted by atomic mass is 9.97. The maximum Gasteiger partial charge on any atom is 0.307 e. The molecule has 0 radical (unpaired) electrons. The molecule has 0 saturated carbocycles. The lowest BCUT2D eigenvalue weighted by molar-refractivity contribution is -0.136. The van der Waals surface area contributed by atoms with Gasteiger partial charge in [-0.1, -0.05) is 25.1 Å². The second kappa shape index (κ2) is 5.45. The number of hydrogen-bond donors (Lipinski definition) is 1. The Bertz CT molecular complexity index is 396. The van der Waals surface area contributed by atoms with Gasteiger partial charge < -0.3 is 9.90 Å².